The van der Waals surface area contributed by atoms with Gasteiger partial charge < -0.3 is 0 Å². The van der Waals surface area contributed by atoms with Crippen LogP contribution in [-0.2, 0) is 0 Å². The van der Waals surface area contributed by atoms with Gasteiger partial charge in [-0.3, -0.25) is 4.98 Å². The third-order valence-electron chi connectivity index (χ3n) is 8.61. The summed E-state index contributed by atoms with van der Waals surface area (Å²) in [6.07, 6.45) is 18.1. The van der Waals surface area contributed by atoms with Crippen molar-refractivity contribution in [1.82, 2.24) is 4.98 Å². The molecule has 8 bridgehead atoms. The summed E-state index contributed by atoms with van der Waals surface area (Å²) in [5.74, 6) is 0. The van der Waals surface area contributed by atoms with Crippen LogP contribution in [0.25, 0.3) is 22.3 Å². The van der Waals surface area contributed by atoms with Gasteiger partial charge in [0.25, 0.3) is 0 Å². The fourth-order valence-electron chi connectivity index (χ4n) is 6.51. The monoisotopic (exact) mass is 613 g/mol. The topological polar surface area (TPSA) is 62.3 Å². The Balaban J connectivity index is 1.43. The molecule has 0 aliphatic carbocycles. The summed E-state index contributed by atoms with van der Waals surface area (Å²) in [6, 6.07) is 37.4. The lowest BCUT2D eigenvalue weighted by molar-refractivity contribution is 1.29. The molecule has 0 fully saturated rings. The van der Waals surface area contributed by atoms with Gasteiger partial charge >= 0.3 is 0 Å². The van der Waals surface area contributed by atoms with Crippen LogP contribution in [0.5, 0.6) is 0 Å². The average Bonchev–Trinajstić information content (AvgIpc) is 3.94. The van der Waals surface area contributed by atoms with Gasteiger partial charge in [-0.1, -0.05) is 97.1 Å². The van der Waals surface area contributed by atoms with Gasteiger partial charge in [-0.05, 0) is 77.4 Å². The molecule has 48 heavy (non-hydrogen) atoms. The van der Waals surface area contributed by atoms with Crippen molar-refractivity contribution in [1.29, 1.82) is 0 Å². The highest BCUT2D eigenvalue weighted by atomic mass is 14.9. The number of rotatable bonds is 4. The van der Waals surface area contributed by atoms with Crippen molar-refractivity contribution in [2.24, 2.45) is 20.0 Å². The molecule has 0 amide bonds. The standard InChI is InChI=1S/C43H27N5/c1-4-12-28(13-5-1)39-38-27-34-22-21-32(46-34)24-31-19-20-33(45-31)25-35-26-36(37-18-10-11-23-44-37)42(47-35)41(30-16-8-3-9-17-30)43(48-38)40(39)29-14-6-2-7-15-29/h1-27H. The van der Waals surface area contributed by atoms with Crippen molar-refractivity contribution in [2.75, 3.05) is 0 Å². The van der Waals surface area contributed by atoms with E-state index in [-0.39, 0.29) is 0 Å². The average molecular weight is 614 g/mol. The van der Waals surface area contributed by atoms with Gasteiger partial charge in [-0.2, -0.15) is 0 Å². The van der Waals surface area contributed by atoms with Crippen molar-refractivity contribution in [3.63, 3.8) is 0 Å². The van der Waals surface area contributed by atoms with Crippen molar-refractivity contribution >= 4 is 45.1 Å². The predicted molar refractivity (Wildman–Crippen MR) is 198 cm³/mol. The van der Waals surface area contributed by atoms with E-state index in [9.17, 15) is 0 Å². The van der Waals surface area contributed by atoms with Crippen LogP contribution in [0.2, 0.25) is 0 Å². The predicted octanol–water partition coefficient (Wildman–Crippen LogP) is 9.08. The Bertz CT molecular complexity index is 2370. The van der Waals surface area contributed by atoms with Crippen LogP contribution in [0.3, 0.4) is 0 Å². The molecule has 5 nitrogen and oxygen atoms in total. The second-order valence-corrected chi connectivity index (χ2v) is 11.7. The first kappa shape index (κ1) is 27.7. The van der Waals surface area contributed by atoms with Gasteiger partial charge in [0, 0.05) is 28.5 Å². The number of benzene rings is 3. The van der Waals surface area contributed by atoms with Gasteiger partial charge in [0.05, 0.1) is 51.3 Å². The summed E-state index contributed by atoms with van der Waals surface area (Å²) in [7, 11) is 0. The number of hydrogen-bond acceptors (Lipinski definition) is 5. The van der Waals surface area contributed by atoms with Crippen LogP contribution in [-0.4, -0.2) is 27.8 Å². The summed E-state index contributed by atoms with van der Waals surface area (Å²) < 4.78 is 0. The van der Waals surface area contributed by atoms with E-state index >= 15 is 0 Å². The van der Waals surface area contributed by atoms with E-state index < -0.39 is 0 Å². The second-order valence-electron chi connectivity index (χ2n) is 11.7. The van der Waals surface area contributed by atoms with E-state index in [2.05, 4.69) is 84.9 Å². The molecule has 0 unspecified atom stereocenters. The first-order chi connectivity index (χ1) is 23.8. The largest absolute Gasteiger partial charge is 0.256 e. The first-order valence-corrected chi connectivity index (χ1v) is 15.9. The molecule has 0 atom stereocenters. The number of hydrogen-bond donors (Lipinski definition) is 0. The Morgan fingerprint density at radius 2 is 0.958 bits per heavy atom. The summed E-state index contributed by atoms with van der Waals surface area (Å²) in [5, 5.41) is 0. The summed E-state index contributed by atoms with van der Waals surface area (Å²) in [5.41, 5.74) is 14.6. The molecule has 224 valence electrons. The van der Waals surface area contributed by atoms with Gasteiger partial charge in [0.1, 0.15) is 0 Å². The molecule has 0 saturated heterocycles. The minimum atomic E-state index is 0.799. The van der Waals surface area contributed by atoms with Crippen LogP contribution >= 0.6 is 0 Å². The van der Waals surface area contributed by atoms with E-state index in [1.807, 2.05) is 79.1 Å². The summed E-state index contributed by atoms with van der Waals surface area (Å²) in [4.78, 5) is 25.5. The maximum absolute atomic E-state index is 5.54. The van der Waals surface area contributed by atoms with Gasteiger partial charge in [0.2, 0.25) is 0 Å². The lowest BCUT2D eigenvalue weighted by Gasteiger charge is -2.17. The van der Waals surface area contributed by atoms with Crippen LogP contribution in [0.4, 0.5) is 0 Å². The maximum atomic E-state index is 5.54. The highest BCUT2D eigenvalue weighted by molar-refractivity contribution is 6.50. The SMILES string of the molecule is C1=CC2=NC1=CC1=NC(=C(c3ccccc3)C3=NC(=CC4=NC(=C2)C=C4)C=C3c2ccccn2)C(c2ccccc2)=C1c1ccccc1. The Labute approximate surface area is 278 Å². The van der Waals surface area contributed by atoms with Gasteiger partial charge in [-0.25, -0.2) is 20.0 Å². The lowest BCUT2D eigenvalue weighted by atomic mass is 9.86. The zero-order valence-electron chi connectivity index (χ0n) is 25.8. The van der Waals surface area contributed by atoms with Crippen LogP contribution < -0.4 is 0 Å². The molecular formula is C43H27N5. The van der Waals surface area contributed by atoms with Crippen LogP contribution in [0.1, 0.15) is 22.4 Å². The van der Waals surface area contributed by atoms with Gasteiger partial charge in [0.15, 0.2) is 0 Å². The summed E-state index contributed by atoms with van der Waals surface area (Å²) >= 11 is 0. The van der Waals surface area contributed by atoms with E-state index in [1.165, 1.54) is 0 Å². The molecule has 5 heteroatoms. The Hall–Kier alpha value is -6.59. The highest BCUT2D eigenvalue weighted by Gasteiger charge is 2.33. The number of fused-ring (bicyclic) bond motifs is 4. The fraction of sp³-hybridized carbons (Fsp3) is 0. The normalized spacial score (nSPS) is 17.8. The third-order valence-corrected chi connectivity index (χ3v) is 8.61. The van der Waals surface area contributed by atoms with Crippen molar-refractivity contribution in [2.45, 2.75) is 0 Å². The molecule has 3 aromatic carbocycles. The molecular weight excluding hydrogens is 587 g/mol. The lowest BCUT2D eigenvalue weighted by Crippen LogP contribution is -2.07. The smallest absolute Gasteiger partial charge is 0.0832 e. The second kappa shape index (κ2) is 11.6. The maximum Gasteiger partial charge on any atom is 0.0832 e. The van der Waals surface area contributed by atoms with E-state index in [0.717, 1.165) is 90.3 Å². The van der Waals surface area contributed by atoms with E-state index in [1.54, 1.807) is 0 Å². The first-order valence-electron chi connectivity index (χ1n) is 15.9. The molecule has 1 aromatic heterocycles. The Morgan fingerprint density at radius 1 is 0.396 bits per heavy atom. The number of nitrogens with zero attached hydrogens (tertiary/aromatic N) is 5. The molecule has 0 spiro atoms. The zero-order chi connectivity index (χ0) is 31.9. The molecule has 6 heterocycles. The van der Waals surface area contributed by atoms with E-state index in [4.69, 9.17) is 25.0 Å². The Kier molecular flexibility index (Phi) is 6.72. The van der Waals surface area contributed by atoms with Crippen molar-refractivity contribution in [3.8, 4) is 0 Å². The molecule has 9 rings (SSSR count). The molecule has 0 radical (unpaired) electrons. The van der Waals surface area contributed by atoms with Crippen molar-refractivity contribution in [3.05, 3.63) is 209 Å². The summed E-state index contributed by atoms with van der Waals surface area (Å²) in [6.45, 7) is 0. The highest BCUT2D eigenvalue weighted by Crippen LogP contribution is 2.46. The zero-order valence-corrected chi connectivity index (χ0v) is 25.8. The Morgan fingerprint density at radius 3 is 1.58 bits per heavy atom. The number of allylic oxidation sites excluding steroid dienone is 12. The molecule has 0 saturated carbocycles. The number of pyridine rings is 1. The molecule has 0 N–H and O–H groups in total. The van der Waals surface area contributed by atoms with Crippen molar-refractivity contribution < 1.29 is 0 Å². The molecule has 4 aromatic rings. The van der Waals surface area contributed by atoms with Gasteiger partial charge in [-0.15, -0.1) is 0 Å². The van der Waals surface area contributed by atoms with E-state index in [0.29, 0.717) is 0 Å². The minimum absolute atomic E-state index is 0.799. The number of aliphatic imine (C=N–C) groups is 4. The molecule has 5 aliphatic rings. The quantitative estimate of drug-likeness (QED) is 0.227. The van der Waals surface area contributed by atoms with Crippen LogP contribution in [0, 0.1) is 0 Å². The fourth-order valence-corrected chi connectivity index (χ4v) is 6.51. The minimum Gasteiger partial charge on any atom is -0.256 e. The third kappa shape index (κ3) is 5.04. The number of aromatic nitrogens is 1. The molecule has 5 aliphatic heterocycles. The van der Waals surface area contributed by atoms with Crippen LogP contribution in [0.15, 0.2) is 207 Å².